The lowest BCUT2D eigenvalue weighted by molar-refractivity contribution is 0.0862. The van der Waals surface area contributed by atoms with Crippen LogP contribution in [0, 0.1) is 0 Å². The van der Waals surface area contributed by atoms with Crippen LogP contribution in [0.15, 0.2) is 89.7 Å². The molecule has 178 valence electrons. The molecule has 0 aliphatic rings. The average Bonchev–Trinajstić information content (AvgIpc) is 2.90. The Kier molecular flexibility index (Phi) is 7.70. The van der Waals surface area contributed by atoms with Crippen molar-refractivity contribution >= 4 is 6.08 Å². The number of hydrogen-bond acceptors (Lipinski definition) is 6. The summed E-state index contributed by atoms with van der Waals surface area (Å²) in [7, 11) is 1.56. The summed E-state index contributed by atoms with van der Waals surface area (Å²) in [5.74, 6) is 1.06. The van der Waals surface area contributed by atoms with Crippen LogP contribution < -0.4 is 15.2 Å². The predicted octanol–water partition coefficient (Wildman–Crippen LogP) is 4.45. The summed E-state index contributed by atoms with van der Waals surface area (Å²) >= 11 is 0. The molecule has 0 saturated heterocycles. The number of hydrogen-bond donors (Lipinski definition) is 1. The van der Waals surface area contributed by atoms with Crippen molar-refractivity contribution in [2.24, 2.45) is 0 Å². The fourth-order valence-corrected chi connectivity index (χ4v) is 3.66. The summed E-state index contributed by atoms with van der Waals surface area (Å²) in [5.41, 5.74) is 3.10. The zero-order chi connectivity index (χ0) is 24.6. The number of benzene rings is 3. The van der Waals surface area contributed by atoms with Crippen LogP contribution in [-0.2, 0) is 6.54 Å². The molecule has 7 nitrogen and oxygen atoms in total. The van der Waals surface area contributed by atoms with Gasteiger partial charge in [0.25, 0.3) is 0 Å². The number of aliphatic hydroxyl groups is 1. The molecule has 0 aliphatic heterocycles. The van der Waals surface area contributed by atoms with Crippen molar-refractivity contribution in [2.45, 2.75) is 19.6 Å². The Balaban J connectivity index is 1.57. The first kappa shape index (κ1) is 23.9. The minimum atomic E-state index is -0.992. The Morgan fingerprint density at radius 1 is 0.943 bits per heavy atom. The smallest absolute Gasteiger partial charge is 0.364 e. The maximum absolute atomic E-state index is 12.8. The molecule has 0 radical (unpaired) electrons. The molecular weight excluding hydrogens is 442 g/mol. The number of aliphatic hydroxyl groups excluding tert-OH is 1. The molecule has 35 heavy (non-hydrogen) atoms. The Bertz CT molecular complexity index is 1350. The molecule has 0 saturated carbocycles. The second-order valence-electron chi connectivity index (χ2n) is 7.88. The second kappa shape index (κ2) is 11.3. The zero-order valence-electron chi connectivity index (χ0n) is 19.7. The average molecular weight is 470 g/mol. The summed E-state index contributed by atoms with van der Waals surface area (Å²) in [6.07, 6.45) is 2.90. The van der Waals surface area contributed by atoms with E-state index in [4.69, 9.17) is 9.47 Å². The lowest BCUT2D eigenvalue weighted by Crippen LogP contribution is -2.34. The molecule has 0 amide bonds. The quantitative estimate of drug-likeness (QED) is 0.390. The van der Waals surface area contributed by atoms with Crippen LogP contribution in [-0.4, -0.2) is 39.7 Å². The molecule has 7 heteroatoms. The Labute approximate surface area is 203 Å². The third kappa shape index (κ3) is 5.83. The second-order valence-corrected chi connectivity index (χ2v) is 7.88. The van der Waals surface area contributed by atoms with Crippen molar-refractivity contribution in [2.75, 3.05) is 13.7 Å². The van der Waals surface area contributed by atoms with Gasteiger partial charge in [0.05, 0.1) is 13.7 Å². The molecule has 0 spiro atoms. The lowest BCUT2D eigenvalue weighted by atomic mass is 10.0. The van der Waals surface area contributed by atoms with Gasteiger partial charge in [-0.3, -0.25) is 0 Å². The van der Waals surface area contributed by atoms with E-state index in [0.717, 1.165) is 16.7 Å². The maximum Gasteiger partial charge on any atom is 0.364 e. The molecule has 0 aliphatic carbocycles. The predicted molar refractivity (Wildman–Crippen MR) is 136 cm³/mol. The summed E-state index contributed by atoms with van der Waals surface area (Å²) in [6.45, 7) is 1.82. The Morgan fingerprint density at radius 2 is 1.60 bits per heavy atom. The SMILES string of the molecule is C/C=C/c1ccc(OCC(O)Cn2nc(-c3ccccc3)c(-c3ccccc3)nc2=O)c(OC)c1. The molecule has 4 rings (SSSR count). The molecule has 1 N–H and O–H groups in total. The number of aromatic nitrogens is 3. The van der Waals surface area contributed by atoms with Gasteiger partial charge in [-0.15, -0.1) is 0 Å². The van der Waals surface area contributed by atoms with E-state index in [-0.39, 0.29) is 13.2 Å². The van der Waals surface area contributed by atoms with Crippen molar-refractivity contribution in [1.29, 1.82) is 0 Å². The van der Waals surface area contributed by atoms with Crippen molar-refractivity contribution in [3.8, 4) is 34.0 Å². The normalized spacial score (nSPS) is 12.0. The molecular formula is C28H27N3O4. The summed E-state index contributed by atoms with van der Waals surface area (Å²) < 4.78 is 12.4. The minimum absolute atomic E-state index is 0.0471. The molecule has 1 aromatic heterocycles. The molecule has 0 bridgehead atoms. The lowest BCUT2D eigenvalue weighted by Gasteiger charge is -2.16. The fraction of sp³-hybridized carbons (Fsp3) is 0.179. The number of nitrogens with zero attached hydrogens (tertiary/aromatic N) is 3. The van der Waals surface area contributed by atoms with Crippen LogP contribution in [0.5, 0.6) is 11.5 Å². The van der Waals surface area contributed by atoms with Gasteiger partial charge in [0, 0.05) is 11.1 Å². The van der Waals surface area contributed by atoms with E-state index < -0.39 is 11.8 Å². The summed E-state index contributed by atoms with van der Waals surface area (Å²) in [5, 5.41) is 15.2. The van der Waals surface area contributed by atoms with Crippen molar-refractivity contribution in [3.63, 3.8) is 0 Å². The molecule has 1 unspecified atom stereocenters. The van der Waals surface area contributed by atoms with E-state index in [0.29, 0.717) is 22.9 Å². The topological polar surface area (TPSA) is 86.5 Å². The van der Waals surface area contributed by atoms with Crippen LogP contribution in [0.1, 0.15) is 12.5 Å². The Hall–Kier alpha value is -4.23. The molecule has 1 heterocycles. The van der Waals surface area contributed by atoms with E-state index in [2.05, 4.69) is 10.1 Å². The molecule has 0 fully saturated rings. The number of rotatable bonds is 9. The van der Waals surface area contributed by atoms with Gasteiger partial charge in [0.15, 0.2) is 11.5 Å². The van der Waals surface area contributed by atoms with Gasteiger partial charge in [-0.05, 0) is 24.6 Å². The molecule has 4 aromatic rings. The van der Waals surface area contributed by atoms with Gasteiger partial charge in [-0.2, -0.15) is 10.1 Å². The monoisotopic (exact) mass is 469 g/mol. The number of methoxy groups -OCH3 is 1. The van der Waals surface area contributed by atoms with Crippen LogP contribution in [0.4, 0.5) is 0 Å². The highest BCUT2D eigenvalue weighted by molar-refractivity contribution is 5.77. The molecule has 1 atom stereocenters. The summed E-state index contributed by atoms with van der Waals surface area (Å²) in [6, 6.07) is 24.5. The van der Waals surface area contributed by atoms with Gasteiger partial charge < -0.3 is 14.6 Å². The third-order valence-electron chi connectivity index (χ3n) is 5.33. The van der Waals surface area contributed by atoms with E-state index in [1.165, 1.54) is 4.68 Å². The van der Waals surface area contributed by atoms with E-state index in [1.807, 2.05) is 91.9 Å². The van der Waals surface area contributed by atoms with Gasteiger partial charge in [0.2, 0.25) is 0 Å². The van der Waals surface area contributed by atoms with Crippen molar-refractivity contribution in [3.05, 3.63) is 101 Å². The fourth-order valence-electron chi connectivity index (χ4n) is 3.66. The van der Waals surface area contributed by atoms with Crippen LogP contribution in [0.3, 0.4) is 0 Å². The first-order valence-electron chi connectivity index (χ1n) is 11.3. The van der Waals surface area contributed by atoms with Crippen molar-refractivity contribution in [1.82, 2.24) is 14.8 Å². The zero-order valence-corrected chi connectivity index (χ0v) is 19.7. The molecule has 3 aromatic carbocycles. The number of ether oxygens (including phenoxy) is 2. The van der Waals surface area contributed by atoms with Gasteiger partial charge in [-0.1, -0.05) is 78.9 Å². The van der Waals surface area contributed by atoms with Gasteiger partial charge >= 0.3 is 5.69 Å². The minimum Gasteiger partial charge on any atom is -0.493 e. The highest BCUT2D eigenvalue weighted by atomic mass is 16.5. The van der Waals surface area contributed by atoms with Gasteiger partial charge in [0.1, 0.15) is 24.1 Å². The highest BCUT2D eigenvalue weighted by Crippen LogP contribution is 2.29. The van der Waals surface area contributed by atoms with Gasteiger partial charge in [-0.25, -0.2) is 9.48 Å². The van der Waals surface area contributed by atoms with Crippen molar-refractivity contribution < 1.29 is 14.6 Å². The van der Waals surface area contributed by atoms with E-state index in [9.17, 15) is 9.90 Å². The highest BCUT2D eigenvalue weighted by Gasteiger charge is 2.17. The van der Waals surface area contributed by atoms with Crippen LogP contribution in [0.25, 0.3) is 28.6 Å². The Morgan fingerprint density at radius 3 is 2.23 bits per heavy atom. The standard InChI is InChI=1S/C28H27N3O4/c1-3-10-20-15-16-24(25(17-20)34-2)35-19-23(32)18-31-28(33)29-26(21-11-6-4-7-12-21)27(30-31)22-13-8-5-9-14-22/h3-17,23,32H,18-19H2,1-2H3/b10-3+. The largest absolute Gasteiger partial charge is 0.493 e. The summed E-state index contributed by atoms with van der Waals surface area (Å²) in [4.78, 5) is 17.1. The number of allylic oxidation sites excluding steroid dienone is 1. The first-order valence-corrected chi connectivity index (χ1v) is 11.3. The third-order valence-corrected chi connectivity index (χ3v) is 5.33. The van der Waals surface area contributed by atoms with E-state index >= 15 is 0 Å². The van der Waals surface area contributed by atoms with Crippen LogP contribution >= 0.6 is 0 Å². The maximum atomic E-state index is 12.8. The van der Waals surface area contributed by atoms with Crippen LogP contribution in [0.2, 0.25) is 0 Å². The first-order chi connectivity index (χ1) is 17.1. The van der Waals surface area contributed by atoms with E-state index in [1.54, 1.807) is 13.2 Å².